The second-order valence-corrected chi connectivity index (χ2v) is 5.21. The number of fused-ring (bicyclic) bond motifs is 1. The van der Waals surface area contributed by atoms with Crippen molar-refractivity contribution < 1.29 is 9.47 Å². The van der Waals surface area contributed by atoms with Gasteiger partial charge >= 0.3 is 0 Å². The lowest BCUT2D eigenvalue weighted by Crippen LogP contribution is -1.98. The molecule has 0 fully saturated rings. The lowest BCUT2D eigenvalue weighted by molar-refractivity contribution is 0.312. The van der Waals surface area contributed by atoms with Crippen LogP contribution in [0.2, 0.25) is 0 Å². The number of benzene rings is 1. The SMILES string of the molecule is CC#CCOc1cc(CCCCCC)cc2c1OCC2. The van der Waals surface area contributed by atoms with Crippen molar-refractivity contribution >= 4 is 0 Å². The van der Waals surface area contributed by atoms with Gasteiger partial charge in [0.1, 0.15) is 6.61 Å². The first-order valence-electron chi connectivity index (χ1n) is 7.66. The maximum Gasteiger partial charge on any atom is 0.164 e. The highest BCUT2D eigenvalue weighted by atomic mass is 16.5. The van der Waals surface area contributed by atoms with Crippen LogP contribution < -0.4 is 9.47 Å². The molecule has 2 nitrogen and oxygen atoms in total. The molecule has 0 spiro atoms. The molecule has 1 aliphatic rings. The molecular formula is C18H24O2. The predicted molar refractivity (Wildman–Crippen MR) is 82.4 cm³/mol. The Bertz CT molecular complexity index is 494. The molecule has 0 saturated heterocycles. The zero-order valence-corrected chi connectivity index (χ0v) is 12.6. The average Bonchev–Trinajstić information content (AvgIpc) is 2.92. The van der Waals surface area contributed by atoms with Crippen molar-refractivity contribution in [3.63, 3.8) is 0 Å². The summed E-state index contributed by atoms with van der Waals surface area (Å²) in [5, 5.41) is 0. The molecule has 0 N–H and O–H groups in total. The molecule has 0 unspecified atom stereocenters. The lowest BCUT2D eigenvalue weighted by Gasteiger charge is -2.11. The van der Waals surface area contributed by atoms with Crippen molar-refractivity contribution in [2.75, 3.05) is 13.2 Å². The molecule has 1 aromatic carbocycles. The van der Waals surface area contributed by atoms with Gasteiger partial charge in [-0.3, -0.25) is 0 Å². The third-order valence-corrected chi connectivity index (χ3v) is 3.60. The van der Waals surface area contributed by atoms with Crippen molar-refractivity contribution in [3.05, 3.63) is 23.3 Å². The molecule has 0 amide bonds. The van der Waals surface area contributed by atoms with E-state index in [1.807, 2.05) is 6.92 Å². The summed E-state index contributed by atoms with van der Waals surface area (Å²) in [7, 11) is 0. The van der Waals surface area contributed by atoms with Crippen LogP contribution in [-0.2, 0) is 12.8 Å². The van der Waals surface area contributed by atoms with Crippen LogP contribution in [0.25, 0.3) is 0 Å². The largest absolute Gasteiger partial charge is 0.489 e. The van der Waals surface area contributed by atoms with E-state index < -0.39 is 0 Å². The van der Waals surface area contributed by atoms with E-state index in [4.69, 9.17) is 9.47 Å². The Hall–Kier alpha value is -1.62. The van der Waals surface area contributed by atoms with Gasteiger partial charge in [-0.25, -0.2) is 0 Å². The molecule has 108 valence electrons. The molecule has 0 aliphatic carbocycles. The van der Waals surface area contributed by atoms with Crippen molar-refractivity contribution in [3.8, 4) is 23.3 Å². The molecule has 0 radical (unpaired) electrons. The summed E-state index contributed by atoms with van der Waals surface area (Å²) in [6.07, 6.45) is 7.28. The van der Waals surface area contributed by atoms with Crippen LogP contribution >= 0.6 is 0 Å². The van der Waals surface area contributed by atoms with Gasteiger partial charge < -0.3 is 9.47 Å². The highest BCUT2D eigenvalue weighted by molar-refractivity contribution is 5.51. The molecule has 2 heteroatoms. The van der Waals surface area contributed by atoms with E-state index >= 15 is 0 Å². The molecule has 1 aliphatic heterocycles. The Morgan fingerprint density at radius 3 is 2.95 bits per heavy atom. The van der Waals surface area contributed by atoms with E-state index in [1.54, 1.807) is 0 Å². The van der Waals surface area contributed by atoms with Gasteiger partial charge in [0, 0.05) is 12.0 Å². The lowest BCUT2D eigenvalue weighted by atomic mass is 10.0. The maximum atomic E-state index is 5.76. The van der Waals surface area contributed by atoms with Gasteiger partial charge in [0.2, 0.25) is 0 Å². The van der Waals surface area contributed by atoms with Gasteiger partial charge in [-0.05, 0) is 31.4 Å². The number of aryl methyl sites for hydroxylation is 1. The third kappa shape index (κ3) is 3.93. The van der Waals surface area contributed by atoms with E-state index in [2.05, 4.69) is 30.9 Å². The van der Waals surface area contributed by atoms with Crippen molar-refractivity contribution in [1.82, 2.24) is 0 Å². The minimum Gasteiger partial charge on any atom is -0.489 e. The Balaban J connectivity index is 2.04. The van der Waals surface area contributed by atoms with E-state index in [1.165, 1.54) is 36.8 Å². The van der Waals surface area contributed by atoms with Crippen LogP contribution in [-0.4, -0.2) is 13.2 Å². The molecule has 1 aromatic rings. The van der Waals surface area contributed by atoms with Gasteiger partial charge in [-0.1, -0.05) is 38.2 Å². The molecule has 0 atom stereocenters. The fourth-order valence-corrected chi connectivity index (χ4v) is 2.53. The molecule has 0 bridgehead atoms. The first kappa shape index (κ1) is 14.8. The summed E-state index contributed by atoms with van der Waals surface area (Å²) in [6, 6.07) is 4.42. The second-order valence-electron chi connectivity index (χ2n) is 5.21. The Labute approximate surface area is 122 Å². The fourth-order valence-electron chi connectivity index (χ4n) is 2.53. The molecule has 20 heavy (non-hydrogen) atoms. The number of ether oxygens (including phenoxy) is 2. The third-order valence-electron chi connectivity index (χ3n) is 3.60. The molecular weight excluding hydrogens is 248 g/mol. The van der Waals surface area contributed by atoms with Crippen LogP contribution in [0.15, 0.2) is 12.1 Å². The first-order valence-corrected chi connectivity index (χ1v) is 7.66. The van der Waals surface area contributed by atoms with Gasteiger partial charge in [0.25, 0.3) is 0 Å². The van der Waals surface area contributed by atoms with E-state index in [0.717, 1.165) is 30.9 Å². The molecule has 0 aromatic heterocycles. The van der Waals surface area contributed by atoms with Crippen molar-refractivity contribution in [2.45, 2.75) is 52.4 Å². The Morgan fingerprint density at radius 1 is 1.25 bits per heavy atom. The van der Waals surface area contributed by atoms with Crippen LogP contribution in [0.5, 0.6) is 11.5 Å². The minimum absolute atomic E-state index is 0.436. The highest BCUT2D eigenvalue weighted by Crippen LogP contribution is 2.37. The maximum absolute atomic E-state index is 5.76. The summed E-state index contributed by atoms with van der Waals surface area (Å²) >= 11 is 0. The molecule has 1 heterocycles. The Kier molecular flexibility index (Phi) is 5.80. The van der Waals surface area contributed by atoms with Crippen molar-refractivity contribution in [1.29, 1.82) is 0 Å². The van der Waals surface area contributed by atoms with Crippen LogP contribution in [0.1, 0.15) is 50.7 Å². The van der Waals surface area contributed by atoms with Crippen LogP contribution in [0, 0.1) is 11.8 Å². The number of rotatable bonds is 7. The topological polar surface area (TPSA) is 18.5 Å². The van der Waals surface area contributed by atoms with E-state index in [0.29, 0.717) is 6.61 Å². The number of unbranched alkanes of at least 4 members (excludes halogenated alkanes) is 3. The van der Waals surface area contributed by atoms with Crippen molar-refractivity contribution in [2.24, 2.45) is 0 Å². The van der Waals surface area contributed by atoms with Gasteiger partial charge in [-0.2, -0.15) is 0 Å². The highest BCUT2D eigenvalue weighted by Gasteiger charge is 2.18. The van der Waals surface area contributed by atoms with E-state index in [9.17, 15) is 0 Å². The zero-order valence-electron chi connectivity index (χ0n) is 12.6. The summed E-state index contributed by atoms with van der Waals surface area (Å²) in [6.45, 7) is 5.28. The predicted octanol–water partition coefficient (Wildman–Crippen LogP) is 4.15. The van der Waals surface area contributed by atoms with Crippen LogP contribution in [0.3, 0.4) is 0 Å². The molecule has 2 rings (SSSR count). The summed E-state index contributed by atoms with van der Waals surface area (Å²) in [4.78, 5) is 0. The molecule has 0 saturated carbocycles. The second kappa shape index (κ2) is 7.85. The summed E-state index contributed by atoms with van der Waals surface area (Å²) < 4.78 is 11.4. The van der Waals surface area contributed by atoms with Gasteiger partial charge in [0.15, 0.2) is 11.5 Å². The Morgan fingerprint density at radius 2 is 2.15 bits per heavy atom. The minimum atomic E-state index is 0.436. The summed E-state index contributed by atoms with van der Waals surface area (Å²) in [5.74, 6) is 7.59. The smallest absolute Gasteiger partial charge is 0.164 e. The quantitative estimate of drug-likeness (QED) is 0.548. The van der Waals surface area contributed by atoms with Gasteiger partial charge in [0.05, 0.1) is 6.61 Å². The standard InChI is InChI=1S/C18H24O2/c1-3-5-7-8-9-15-13-16-10-12-20-18(16)17(14-15)19-11-6-4-2/h13-14H,3,5,7-12H2,1-2H3. The van der Waals surface area contributed by atoms with Gasteiger partial charge in [-0.15, -0.1) is 5.92 Å². The van der Waals surface area contributed by atoms with Crippen LogP contribution in [0.4, 0.5) is 0 Å². The average molecular weight is 272 g/mol. The number of hydrogen-bond acceptors (Lipinski definition) is 2. The zero-order chi connectivity index (χ0) is 14.2. The van der Waals surface area contributed by atoms with E-state index in [-0.39, 0.29) is 0 Å². The monoisotopic (exact) mass is 272 g/mol. The number of hydrogen-bond donors (Lipinski definition) is 0. The normalized spacial score (nSPS) is 12.3. The summed E-state index contributed by atoms with van der Waals surface area (Å²) in [5.41, 5.74) is 2.65. The fraction of sp³-hybridized carbons (Fsp3) is 0.556. The first-order chi connectivity index (χ1) is 9.85.